The average molecular weight is 306 g/mol. The Bertz CT molecular complexity index is 738. The molecule has 3 N–H and O–H groups in total. The van der Waals surface area contributed by atoms with E-state index in [0.29, 0.717) is 18.8 Å². The number of H-pyrrole nitrogens is 1. The minimum absolute atomic E-state index is 0.143. The summed E-state index contributed by atoms with van der Waals surface area (Å²) < 4.78 is 26.6. The van der Waals surface area contributed by atoms with E-state index in [4.69, 9.17) is 0 Å². The molecule has 110 valence electrons. The molecule has 1 saturated heterocycles. The number of sulfonamides is 1. The number of rotatable bonds is 4. The van der Waals surface area contributed by atoms with Gasteiger partial charge in [-0.25, -0.2) is 13.2 Å². The van der Waals surface area contributed by atoms with Gasteiger partial charge in [0.25, 0.3) is 10.0 Å². The number of urea groups is 1. The summed E-state index contributed by atoms with van der Waals surface area (Å²) in [7, 11) is -3.59. The lowest BCUT2D eigenvalue weighted by molar-refractivity contribution is 0.252. The summed E-state index contributed by atoms with van der Waals surface area (Å²) in [5, 5.41) is 2.71. The summed E-state index contributed by atoms with van der Waals surface area (Å²) in [6.45, 7) is 1.22. The first-order chi connectivity index (χ1) is 10.1. The van der Waals surface area contributed by atoms with E-state index in [1.165, 1.54) is 12.3 Å². The first-order valence-electron chi connectivity index (χ1n) is 6.37. The third-order valence-corrected chi connectivity index (χ3v) is 4.55. The summed E-state index contributed by atoms with van der Waals surface area (Å²) in [6.07, 6.45) is 2.95. The predicted molar refractivity (Wildman–Crippen MR) is 78.8 cm³/mol. The molecule has 0 unspecified atom stereocenters. The number of anilines is 2. The molecular formula is C13H14N4O3S. The maximum Gasteiger partial charge on any atom is 0.321 e. The molecule has 1 aliphatic heterocycles. The van der Waals surface area contributed by atoms with Crippen molar-refractivity contribution < 1.29 is 13.2 Å². The predicted octanol–water partition coefficient (Wildman–Crippen LogP) is 1.35. The van der Waals surface area contributed by atoms with Crippen LogP contribution in [-0.2, 0) is 10.0 Å². The number of aromatic nitrogens is 1. The van der Waals surface area contributed by atoms with Crippen LogP contribution in [0.25, 0.3) is 0 Å². The first kappa shape index (κ1) is 13.5. The molecule has 0 spiro atoms. The fourth-order valence-corrected chi connectivity index (χ4v) is 3.15. The van der Waals surface area contributed by atoms with Crippen molar-refractivity contribution in [3.8, 4) is 0 Å². The highest BCUT2D eigenvalue weighted by molar-refractivity contribution is 7.92. The second-order valence-corrected chi connectivity index (χ2v) is 6.27. The second kappa shape index (κ2) is 5.13. The number of carbonyl (C=O) groups is 1. The number of nitrogens with one attached hydrogen (secondary N) is 3. The monoisotopic (exact) mass is 306 g/mol. The zero-order valence-electron chi connectivity index (χ0n) is 11.0. The fraction of sp³-hybridized carbons (Fsp3) is 0.154. The number of aromatic amines is 1. The standard InChI is InChI=1S/C13H14N4O3S/c18-13-15-7-8-17(13)11-3-1-10(2-4-11)16-21(19,20)12-5-6-14-9-12/h1-6,9,14,16H,7-8H2,(H,15,18). The van der Waals surface area contributed by atoms with Crippen LogP contribution < -0.4 is 14.9 Å². The van der Waals surface area contributed by atoms with Crippen LogP contribution in [0.2, 0.25) is 0 Å². The highest BCUT2D eigenvalue weighted by Crippen LogP contribution is 2.21. The number of amides is 2. The van der Waals surface area contributed by atoms with Crippen molar-refractivity contribution >= 4 is 27.4 Å². The van der Waals surface area contributed by atoms with Gasteiger partial charge in [-0.1, -0.05) is 0 Å². The third-order valence-electron chi connectivity index (χ3n) is 3.17. The van der Waals surface area contributed by atoms with Gasteiger partial charge in [-0.05, 0) is 30.3 Å². The van der Waals surface area contributed by atoms with Crippen LogP contribution in [0, 0.1) is 0 Å². The fourth-order valence-electron chi connectivity index (χ4n) is 2.12. The van der Waals surface area contributed by atoms with E-state index in [1.54, 1.807) is 35.4 Å². The SMILES string of the molecule is O=C1NCCN1c1ccc(NS(=O)(=O)c2cc[nH]c2)cc1. The molecule has 1 fully saturated rings. The Hall–Kier alpha value is -2.48. The van der Waals surface area contributed by atoms with E-state index in [-0.39, 0.29) is 10.9 Å². The van der Waals surface area contributed by atoms with Gasteiger partial charge in [0.1, 0.15) is 4.90 Å². The van der Waals surface area contributed by atoms with E-state index < -0.39 is 10.0 Å². The van der Waals surface area contributed by atoms with Crippen molar-refractivity contribution in [1.29, 1.82) is 0 Å². The summed E-state index contributed by atoms with van der Waals surface area (Å²) in [6, 6.07) is 8.01. The molecule has 0 saturated carbocycles. The van der Waals surface area contributed by atoms with Crippen LogP contribution >= 0.6 is 0 Å². The van der Waals surface area contributed by atoms with Gasteiger partial charge in [-0.2, -0.15) is 0 Å². The lowest BCUT2D eigenvalue weighted by Crippen LogP contribution is -2.27. The van der Waals surface area contributed by atoms with Crippen molar-refractivity contribution in [2.24, 2.45) is 0 Å². The molecule has 1 aromatic carbocycles. The molecule has 1 aromatic heterocycles. The number of benzene rings is 1. The van der Waals surface area contributed by atoms with Crippen LogP contribution in [-0.4, -0.2) is 32.5 Å². The number of carbonyl (C=O) groups excluding carboxylic acids is 1. The molecule has 7 nitrogen and oxygen atoms in total. The maximum atomic E-state index is 12.1. The topological polar surface area (TPSA) is 94.3 Å². The Morgan fingerprint density at radius 1 is 1.14 bits per heavy atom. The van der Waals surface area contributed by atoms with Crippen molar-refractivity contribution in [3.05, 3.63) is 42.7 Å². The van der Waals surface area contributed by atoms with E-state index >= 15 is 0 Å². The molecule has 0 atom stereocenters. The molecular weight excluding hydrogens is 292 g/mol. The van der Waals surface area contributed by atoms with Crippen LogP contribution in [0.1, 0.15) is 0 Å². The largest absolute Gasteiger partial charge is 0.366 e. The molecule has 2 aromatic rings. The quantitative estimate of drug-likeness (QED) is 0.795. The van der Waals surface area contributed by atoms with Crippen molar-refractivity contribution in [3.63, 3.8) is 0 Å². The van der Waals surface area contributed by atoms with E-state index in [2.05, 4.69) is 15.0 Å². The minimum atomic E-state index is -3.59. The van der Waals surface area contributed by atoms with Gasteiger partial charge in [-0.15, -0.1) is 0 Å². The zero-order chi connectivity index (χ0) is 14.9. The summed E-state index contributed by atoms with van der Waals surface area (Å²) in [4.78, 5) is 16.0. The molecule has 3 rings (SSSR count). The van der Waals surface area contributed by atoms with Crippen molar-refractivity contribution in [2.75, 3.05) is 22.7 Å². The number of hydrogen-bond acceptors (Lipinski definition) is 3. The van der Waals surface area contributed by atoms with Gasteiger partial charge in [0, 0.05) is 36.9 Å². The highest BCUT2D eigenvalue weighted by atomic mass is 32.2. The second-order valence-electron chi connectivity index (χ2n) is 4.58. The summed E-state index contributed by atoms with van der Waals surface area (Å²) >= 11 is 0. The molecule has 0 bridgehead atoms. The van der Waals surface area contributed by atoms with Gasteiger partial charge in [0.05, 0.1) is 0 Å². The van der Waals surface area contributed by atoms with Gasteiger partial charge in [0.15, 0.2) is 0 Å². The molecule has 2 amide bonds. The van der Waals surface area contributed by atoms with E-state index in [0.717, 1.165) is 5.69 Å². The first-order valence-corrected chi connectivity index (χ1v) is 7.86. The lowest BCUT2D eigenvalue weighted by Gasteiger charge is -2.14. The van der Waals surface area contributed by atoms with E-state index in [9.17, 15) is 13.2 Å². The van der Waals surface area contributed by atoms with Crippen LogP contribution in [0.3, 0.4) is 0 Å². The number of hydrogen-bond donors (Lipinski definition) is 3. The summed E-state index contributed by atoms with van der Waals surface area (Å²) in [5.74, 6) is 0. The normalized spacial score (nSPS) is 15.0. The van der Waals surface area contributed by atoms with Gasteiger partial charge >= 0.3 is 6.03 Å². The molecule has 2 heterocycles. The van der Waals surface area contributed by atoms with Gasteiger partial charge in [0.2, 0.25) is 0 Å². The summed E-state index contributed by atoms with van der Waals surface area (Å²) in [5.41, 5.74) is 1.18. The van der Waals surface area contributed by atoms with Crippen LogP contribution in [0.15, 0.2) is 47.6 Å². The van der Waals surface area contributed by atoms with Crippen molar-refractivity contribution in [1.82, 2.24) is 10.3 Å². The maximum absolute atomic E-state index is 12.1. The Balaban J connectivity index is 1.77. The van der Waals surface area contributed by atoms with Crippen LogP contribution in [0.5, 0.6) is 0 Å². The molecule has 21 heavy (non-hydrogen) atoms. The lowest BCUT2D eigenvalue weighted by atomic mass is 10.2. The van der Waals surface area contributed by atoms with Gasteiger partial charge < -0.3 is 10.3 Å². The third kappa shape index (κ3) is 2.70. The average Bonchev–Trinajstić information content (AvgIpc) is 3.10. The number of nitrogens with zero attached hydrogens (tertiary/aromatic N) is 1. The van der Waals surface area contributed by atoms with E-state index in [1.807, 2.05) is 0 Å². The molecule has 0 aliphatic carbocycles. The van der Waals surface area contributed by atoms with Crippen molar-refractivity contribution in [2.45, 2.75) is 4.90 Å². The molecule has 8 heteroatoms. The van der Waals surface area contributed by atoms with Gasteiger partial charge in [-0.3, -0.25) is 9.62 Å². The Labute approximate surface area is 122 Å². The Morgan fingerprint density at radius 2 is 1.90 bits per heavy atom. The van der Waals surface area contributed by atoms with Crippen LogP contribution in [0.4, 0.5) is 16.2 Å². The zero-order valence-corrected chi connectivity index (χ0v) is 11.9. The Morgan fingerprint density at radius 3 is 2.48 bits per heavy atom. The highest BCUT2D eigenvalue weighted by Gasteiger charge is 2.21. The Kier molecular flexibility index (Phi) is 3.30. The molecule has 1 aliphatic rings. The molecule has 0 radical (unpaired) electrons. The minimum Gasteiger partial charge on any atom is -0.366 e. The smallest absolute Gasteiger partial charge is 0.321 e.